The Morgan fingerprint density at radius 3 is 2.38 bits per heavy atom. The molecular weight excluding hydrogens is 400 g/mol. The summed E-state index contributed by atoms with van der Waals surface area (Å²) < 4.78 is 2.05. The van der Waals surface area contributed by atoms with Crippen LogP contribution in [0.3, 0.4) is 0 Å². The van der Waals surface area contributed by atoms with Gasteiger partial charge in [-0.05, 0) is 60.9 Å². The molecule has 144 valence electrons. The summed E-state index contributed by atoms with van der Waals surface area (Å²) in [5.74, 6) is -0.255. The van der Waals surface area contributed by atoms with E-state index in [1.807, 2.05) is 53.9 Å². The van der Waals surface area contributed by atoms with Crippen LogP contribution in [-0.4, -0.2) is 10.5 Å². The lowest BCUT2D eigenvalue weighted by molar-refractivity contribution is 0.0998. The molecule has 0 saturated heterocycles. The zero-order valence-corrected chi connectivity index (χ0v) is 17.7. The predicted octanol–water partition coefficient (Wildman–Crippen LogP) is 6.22. The number of aromatic nitrogens is 1. The van der Waals surface area contributed by atoms with Crippen LogP contribution in [0.5, 0.6) is 0 Å². The number of carbonyl (C=O) groups is 1. The lowest BCUT2D eigenvalue weighted by Crippen LogP contribution is -2.17. The minimum Gasteiger partial charge on any atom is -0.285 e. The van der Waals surface area contributed by atoms with Crippen LogP contribution in [0.15, 0.2) is 83.2 Å². The highest BCUT2D eigenvalue weighted by molar-refractivity contribution is 7.07. The largest absolute Gasteiger partial charge is 0.285 e. The fraction of sp³-hybridized carbons (Fsp3) is 0.0833. The van der Waals surface area contributed by atoms with Crippen LogP contribution in [0, 0.1) is 13.8 Å². The van der Waals surface area contributed by atoms with Gasteiger partial charge < -0.3 is 0 Å². The fourth-order valence-corrected chi connectivity index (χ4v) is 4.18. The molecule has 3 aromatic carbocycles. The van der Waals surface area contributed by atoms with Gasteiger partial charge in [-0.2, -0.15) is 4.99 Å². The van der Waals surface area contributed by atoms with Crippen molar-refractivity contribution in [2.75, 3.05) is 0 Å². The number of amides is 1. The number of carbonyl (C=O) groups excluding carboxylic acids is 1. The van der Waals surface area contributed by atoms with E-state index in [1.54, 1.807) is 12.1 Å². The molecule has 1 heterocycles. The average molecular weight is 419 g/mol. The predicted molar refractivity (Wildman–Crippen MR) is 120 cm³/mol. The average Bonchev–Trinajstić information content (AvgIpc) is 3.14. The van der Waals surface area contributed by atoms with Gasteiger partial charge in [-0.15, -0.1) is 11.3 Å². The molecule has 0 aliphatic rings. The van der Waals surface area contributed by atoms with Gasteiger partial charge in [0.1, 0.15) is 0 Å². The molecule has 1 amide bonds. The summed E-state index contributed by atoms with van der Waals surface area (Å²) in [4.78, 5) is 17.8. The molecule has 4 rings (SSSR count). The second-order valence-electron chi connectivity index (χ2n) is 6.75. The molecule has 0 radical (unpaired) electrons. The molecule has 0 fully saturated rings. The molecule has 0 unspecified atom stereocenters. The molecule has 0 aliphatic carbocycles. The number of benzene rings is 3. The maximum atomic E-state index is 12.7. The summed E-state index contributed by atoms with van der Waals surface area (Å²) in [5.41, 5.74) is 5.90. The van der Waals surface area contributed by atoms with Crippen molar-refractivity contribution in [2.45, 2.75) is 13.8 Å². The first-order valence-electron chi connectivity index (χ1n) is 9.22. The number of hydrogen-bond donors (Lipinski definition) is 0. The standard InChI is InChI=1S/C24H19ClN2OS/c1-16-7-6-10-21(17(16)2)27-22(18-11-13-20(25)14-12-18)15-29-24(27)26-23(28)19-8-4-3-5-9-19/h3-15H,1-2H3. The zero-order chi connectivity index (χ0) is 20.4. The first-order chi connectivity index (χ1) is 14.0. The van der Waals surface area contributed by atoms with Crippen molar-refractivity contribution in [3.63, 3.8) is 0 Å². The molecule has 1 aromatic heterocycles. The van der Waals surface area contributed by atoms with E-state index in [4.69, 9.17) is 11.6 Å². The number of halogens is 1. The molecule has 4 aromatic rings. The Balaban J connectivity index is 1.95. The van der Waals surface area contributed by atoms with Crippen LogP contribution in [0.4, 0.5) is 0 Å². The first kappa shape index (κ1) is 19.4. The van der Waals surface area contributed by atoms with Crippen LogP contribution in [0.2, 0.25) is 5.02 Å². The van der Waals surface area contributed by atoms with E-state index in [1.165, 1.54) is 16.9 Å². The van der Waals surface area contributed by atoms with Gasteiger partial charge in [0.05, 0.1) is 11.4 Å². The highest BCUT2D eigenvalue weighted by Crippen LogP contribution is 2.27. The van der Waals surface area contributed by atoms with Gasteiger partial charge in [-0.25, -0.2) is 0 Å². The van der Waals surface area contributed by atoms with Crippen molar-refractivity contribution in [3.8, 4) is 16.9 Å². The number of thiazole rings is 1. The zero-order valence-electron chi connectivity index (χ0n) is 16.1. The Bertz CT molecular complexity index is 1240. The smallest absolute Gasteiger partial charge is 0.279 e. The maximum absolute atomic E-state index is 12.7. The van der Waals surface area contributed by atoms with E-state index in [9.17, 15) is 4.79 Å². The van der Waals surface area contributed by atoms with E-state index in [2.05, 4.69) is 35.5 Å². The summed E-state index contributed by atoms with van der Waals surface area (Å²) in [6.07, 6.45) is 0. The van der Waals surface area contributed by atoms with Crippen LogP contribution in [-0.2, 0) is 0 Å². The number of hydrogen-bond acceptors (Lipinski definition) is 2. The fourth-order valence-electron chi connectivity index (χ4n) is 3.15. The Morgan fingerprint density at radius 2 is 1.66 bits per heavy atom. The summed E-state index contributed by atoms with van der Waals surface area (Å²) in [6, 6.07) is 23.0. The van der Waals surface area contributed by atoms with Crippen LogP contribution >= 0.6 is 22.9 Å². The van der Waals surface area contributed by atoms with Gasteiger partial charge in [0.15, 0.2) is 4.80 Å². The van der Waals surface area contributed by atoms with Gasteiger partial charge in [0.2, 0.25) is 0 Å². The Morgan fingerprint density at radius 1 is 0.931 bits per heavy atom. The van der Waals surface area contributed by atoms with Crippen molar-refractivity contribution in [1.29, 1.82) is 0 Å². The highest BCUT2D eigenvalue weighted by Gasteiger charge is 2.14. The molecule has 3 nitrogen and oxygen atoms in total. The molecule has 0 spiro atoms. The topological polar surface area (TPSA) is 34.4 Å². The summed E-state index contributed by atoms with van der Waals surface area (Å²) >= 11 is 7.53. The van der Waals surface area contributed by atoms with Crippen LogP contribution < -0.4 is 4.80 Å². The Hall–Kier alpha value is -2.95. The van der Waals surface area contributed by atoms with E-state index in [0.29, 0.717) is 15.4 Å². The number of rotatable bonds is 3. The minimum absolute atomic E-state index is 0.255. The monoisotopic (exact) mass is 418 g/mol. The highest BCUT2D eigenvalue weighted by atomic mass is 35.5. The van der Waals surface area contributed by atoms with E-state index in [-0.39, 0.29) is 5.91 Å². The third kappa shape index (κ3) is 3.95. The van der Waals surface area contributed by atoms with Gasteiger partial charge in [0.25, 0.3) is 5.91 Å². The van der Waals surface area contributed by atoms with Crippen molar-refractivity contribution in [2.24, 2.45) is 4.99 Å². The third-order valence-corrected chi connectivity index (χ3v) is 5.96. The van der Waals surface area contributed by atoms with E-state index < -0.39 is 0 Å². The van der Waals surface area contributed by atoms with E-state index >= 15 is 0 Å². The Kier molecular flexibility index (Phi) is 5.47. The number of nitrogens with zero attached hydrogens (tertiary/aromatic N) is 2. The van der Waals surface area contributed by atoms with Crippen molar-refractivity contribution in [1.82, 2.24) is 4.57 Å². The van der Waals surface area contributed by atoms with Crippen molar-refractivity contribution < 1.29 is 4.79 Å². The lowest BCUT2D eigenvalue weighted by atomic mass is 10.1. The molecule has 29 heavy (non-hydrogen) atoms. The molecule has 0 saturated carbocycles. The summed E-state index contributed by atoms with van der Waals surface area (Å²) in [7, 11) is 0. The second kappa shape index (κ2) is 8.19. The molecule has 0 N–H and O–H groups in total. The van der Waals surface area contributed by atoms with Gasteiger partial charge in [0, 0.05) is 16.0 Å². The molecule has 0 atom stereocenters. The van der Waals surface area contributed by atoms with Crippen molar-refractivity contribution in [3.05, 3.63) is 105 Å². The summed E-state index contributed by atoms with van der Waals surface area (Å²) in [5, 5.41) is 2.72. The number of aryl methyl sites for hydroxylation is 1. The second-order valence-corrected chi connectivity index (χ2v) is 8.02. The SMILES string of the molecule is Cc1cccc(-n2c(-c3ccc(Cl)cc3)csc2=NC(=O)c2ccccc2)c1C. The summed E-state index contributed by atoms with van der Waals surface area (Å²) in [6.45, 7) is 4.17. The van der Waals surface area contributed by atoms with Gasteiger partial charge in [-0.1, -0.05) is 54.1 Å². The normalized spacial score (nSPS) is 11.6. The minimum atomic E-state index is -0.255. The van der Waals surface area contributed by atoms with Crippen LogP contribution in [0.1, 0.15) is 21.5 Å². The van der Waals surface area contributed by atoms with E-state index in [0.717, 1.165) is 22.5 Å². The molecular formula is C24H19ClN2OS. The quantitative estimate of drug-likeness (QED) is 0.389. The Labute approximate surface area is 178 Å². The lowest BCUT2D eigenvalue weighted by Gasteiger charge is -2.14. The maximum Gasteiger partial charge on any atom is 0.279 e. The first-order valence-corrected chi connectivity index (χ1v) is 10.5. The molecule has 0 aliphatic heterocycles. The third-order valence-electron chi connectivity index (χ3n) is 4.88. The molecule has 0 bridgehead atoms. The van der Waals surface area contributed by atoms with Gasteiger partial charge in [-0.3, -0.25) is 9.36 Å². The van der Waals surface area contributed by atoms with Gasteiger partial charge >= 0.3 is 0 Å². The van der Waals surface area contributed by atoms with Crippen LogP contribution in [0.25, 0.3) is 16.9 Å². The molecule has 5 heteroatoms. The van der Waals surface area contributed by atoms with Crippen molar-refractivity contribution >= 4 is 28.8 Å².